The molecule has 2 rings (SSSR count). The molecule has 0 atom stereocenters. The number of nitrogens with zero attached hydrogens (tertiary/aromatic N) is 1. The standard InChI is InChI=1S/C15H16BrNO3S/c1-20-15-6-4-3-5-14(15)17(21(2,18)19)11-12-7-9-13(16)10-8-12/h3-10H,11H2,1-2H3. The summed E-state index contributed by atoms with van der Waals surface area (Å²) >= 11 is 3.37. The van der Waals surface area contributed by atoms with Crippen LogP contribution in [0.4, 0.5) is 5.69 Å². The van der Waals surface area contributed by atoms with Crippen molar-refractivity contribution in [2.75, 3.05) is 17.7 Å². The molecule has 0 amide bonds. The van der Waals surface area contributed by atoms with E-state index in [1.165, 1.54) is 17.7 Å². The van der Waals surface area contributed by atoms with Crippen molar-refractivity contribution in [1.82, 2.24) is 0 Å². The van der Waals surface area contributed by atoms with Gasteiger partial charge in [-0.2, -0.15) is 0 Å². The molecule has 21 heavy (non-hydrogen) atoms. The molecule has 0 heterocycles. The van der Waals surface area contributed by atoms with E-state index in [0.29, 0.717) is 11.4 Å². The molecule has 0 N–H and O–H groups in total. The topological polar surface area (TPSA) is 46.6 Å². The van der Waals surface area contributed by atoms with Crippen LogP contribution in [0.5, 0.6) is 5.75 Å². The first-order valence-corrected chi connectivity index (χ1v) is 8.91. The SMILES string of the molecule is COc1ccccc1N(Cc1ccc(Br)cc1)S(C)(=O)=O. The van der Waals surface area contributed by atoms with Crippen LogP contribution in [0.15, 0.2) is 53.0 Å². The summed E-state index contributed by atoms with van der Waals surface area (Å²) in [5.74, 6) is 0.528. The summed E-state index contributed by atoms with van der Waals surface area (Å²) in [6.07, 6.45) is 1.19. The third-order valence-corrected chi connectivity index (χ3v) is 4.65. The van der Waals surface area contributed by atoms with E-state index in [1.54, 1.807) is 18.2 Å². The van der Waals surface area contributed by atoms with E-state index in [-0.39, 0.29) is 6.54 Å². The Bertz CT molecular complexity index is 714. The molecule has 0 saturated carbocycles. The molecule has 0 saturated heterocycles. The summed E-state index contributed by atoms with van der Waals surface area (Å²) in [4.78, 5) is 0. The van der Waals surface area contributed by atoms with Gasteiger partial charge in [0.2, 0.25) is 10.0 Å². The van der Waals surface area contributed by atoms with Gasteiger partial charge in [-0.1, -0.05) is 40.2 Å². The minimum Gasteiger partial charge on any atom is -0.495 e. The highest BCUT2D eigenvalue weighted by Crippen LogP contribution is 2.30. The number of hydrogen-bond acceptors (Lipinski definition) is 3. The Balaban J connectivity index is 2.42. The molecular weight excluding hydrogens is 354 g/mol. The number of sulfonamides is 1. The summed E-state index contributed by atoms with van der Waals surface area (Å²) in [5.41, 5.74) is 1.43. The normalized spacial score (nSPS) is 11.2. The van der Waals surface area contributed by atoms with Gasteiger partial charge >= 0.3 is 0 Å². The van der Waals surface area contributed by atoms with Gasteiger partial charge in [-0.05, 0) is 29.8 Å². The molecule has 0 unspecified atom stereocenters. The maximum atomic E-state index is 12.1. The lowest BCUT2D eigenvalue weighted by molar-refractivity contribution is 0.415. The van der Waals surface area contributed by atoms with Crippen LogP contribution in [0.2, 0.25) is 0 Å². The third kappa shape index (κ3) is 3.98. The first-order valence-electron chi connectivity index (χ1n) is 6.27. The van der Waals surface area contributed by atoms with Crippen LogP contribution in [0.1, 0.15) is 5.56 Å². The number of halogens is 1. The van der Waals surface area contributed by atoms with E-state index >= 15 is 0 Å². The number of benzene rings is 2. The summed E-state index contributed by atoms with van der Waals surface area (Å²) in [7, 11) is -1.89. The second-order valence-corrected chi connectivity index (χ2v) is 7.39. The number of methoxy groups -OCH3 is 1. The highest BCUT2D eigenvalue weighted by atomic mass is 79.9. The second kappa shape index (κ2) is 6.49. The Kier molecular flexibility index (Phi) is 4.90. The minimum atomic E-state index is -3.42. The Morgan fingerprint density at radius 1 is 1.10 bits per heavy atom. The largest absolute Gasteiger partial charge is 0.495 e. The number of hydrogen-bond donors (Lipinski definition) is 0. The van der Waals surface area contributed by atoms with Gasteiger partial charge in [-0.15, -0.1) is 0 Å². The number of ether oxygens (including phenoxy) is 1. The quantitative estimate of drug-likeness (QED) is 0.810. The minimum absolute atomic E-state index is 0.256. The first-order chi connectivity index (χ1) is 9.91. The monoisotopic (exact) mass is 369 g/mol. The first kappa shape index (κ1) is 15.9. The maximum Gasteiger partial charge on any atom is 0.232 e. The molecule has 0 aliphatic heterocycles. The molecule has 4 nitrogen and oxygen atoms in total. The zero-order chi connectivity index (χ0) is 15.5. The molecule has 0 radical (unpaired) electrons. The van der Waals surface area contributed by atoms with Gasteiger partial charge in [0.25, 0.3) is 0 Å². The van der Waals surface area contributed by atoms with Crippen molar-refractivity contribution in [1.29, 1.82) is 0 Å². The van der Waals surface area contributed by atoms with Gasteiger partial charge in [-0.3, -0.25) is 4.31 Å². The third-order valence-electron chi connectivity index (χ3n) is 2.99. The number of anilines is 1. The highest BCUT2D eigenvalue weighted by molar-refractivity contribution is 9.10. The van der Waals surface area contributed by atoms with E-state index in [9.17, 15) is 8.42 Å². The zero-order valence-corrected chi connectivity index (χ0v) is 14.2. The fraction of sp³-hybridized carbons (Fsp3) is 0.200. The fourth-order valence-electron chi connectivity index (χ4n) is 1.97. The predicted octanol–water partition coefficient (Wildman–Crippen LogP) is 3.42. The van der Waals surface area contributed by atoms with Crippen molar-refractivity contribution >= 4 is 31.6 Å². The average Bonchev–Trinajstić information content (AvgIpc) is 2.45. The van der Waals surface area contributed by atoms with Crippen LogP contribution in [0.25, 0.3) is 0 Å². The van der Waals surface area contributed by atoms with Crippen molar-refractivity contribution in [2.45, 2.75) is 6.54 Å². The molecule has 0 fully saturated rings. The molecular formula is C15H16BrNO3S. The molecule has 2 aromatic carbocycles. The summed E-state index contributed by atoms with van der Waals surface area (Å²) < 4.78 is 31.8. The predicted molar refractivity (Wildman–Crippen MR) is 88.2 cm³/mol. The fourth-order valence-corrected chi connectivity index (χ4v) is 3.13. The van der Waals surface area contributed by atoms with E-state index < -0.39 is 10.0 Å². The molecule has 112 valence electrons. The molecule has 0 aliphatic carbocycles. The Hall–Kier alpha value is -1.53. The van der Waals surface area contributed by atoms with Crippen molar-refractivity contribution in [3.8, 4) is 5.75 Å². The van der Waals surface area contributed by atoms with E-state index in [1.807, 2.05) is 30.3 Å². The maximum absolute atomic E-state index is 12.1. The Morgan fingerprint density at radius 3 is 2.29 bits per heavy atom. The molecule has 0 aromatic heterocycles. The second-order valence-electron chi connectivity index (χ2n) is 4.57. The van der Waals surface area contributed by atoms with Crippen molar-refractivity contribution in [3.63, 3.8) is 0 Å². The zero-order valence-electron chi connectivity index (χ0n) is 11.8. The summed E-state index contributed by atoms with van der Waals surface area (Å²) in [6.45, 7) is 0.256. The smallest absolute Gasteiger partial charge is 0.232 e. The van der Waals surface area contributed by atoms with Crippen molar-refractivity contribution in [3.05, 3.63) is 58.6 Å². The lowest BCUT2D eigenvalue weighted by atomic mass is 10.2. The lowest BCUT2D eigenvalue weighted by Gasteiger charge is -2.24. The van der Waals surface area contributed by atoms with Gasteiger partial charge in [0.05, 0.1) is 25.6 Å². The van der Waals surface area contributed by atoms with Crippen LogP contribution in [0, 0.1) is 0 Å². The Morgan fingerprint density at radius 2 is 1.71 bits per heavy atom. The molecule has 0 spiro atoms. The lowest BCUT2D eigenvalue weighted by Crippen LogP contribution is -2.29. The van der Waals surface area contributed by atoms with Crippen LogP contribution in [-0.4, -0.2) is 21.8 Å². The average molecular weight is 370 g/mol. The van der Waals surface area contributed by atoms with Crippen molar-refractivity contribution in [2.24, 2.45) is 0 Å². The van der Waals surface area contributed by atoms with Crippen LogP contribution < -0.4 is 9.04 Å². The molecule has 2 aromatic rings. The van der Waals surface area contributed by atoms with Crippen molar-refractivity contribution < 1.29 is 13.2 Å². The van der Waals surface area contributed by atoms with E-state index in [2.05, 4.69) is 15.9 Å². The molecule has 0 bridgehead atoms. The Labute approximate surface area is 133 Å². The number of para-hydroxylation sites is 2. The summed E-state index contributed by atoms with van der Waals surface area (Å²) in [6, 6.07) is 14.6. The summed E-state index contributed by atoms with van der Waals surface area (Å²) in [5, 5.41) is 0. The number of rotatable bonds is 5. The van der Waals surface area contributed by atoms with Gasteiger partial charge in [-0.25, -0.2) is 8.42 Å². The van der Waals surface area contributed by atoms with Gasteiger partial charge in [0.15, 0.2) is 0 Å². The molecule has 6 heteroatoms. The van der Waals surface area contributed by atoms with Crippen LogP contribution in [0.3, 0.4) is 0 Å². The highest BCUT2D eigenvalue weighted by Gasteiger charge is 2.21. The van der Waals surface area contributed by atoms with Gasteiger partial charge < -0.3 is 4.74 Å². The molecule has 0 aliphatic rings. The van der Waals surface area contributed by atoms with Gasteiger partial charge in [0.1, 0.15) is 5.75 Å². The van der Waals surface area contributed by atoms with Gasteiger partial charge in [0, 0.05) is 4.47 Å². The van der Waals surface area contributed by atoms with Crippen LogP contribution >= 0.6 is 15.9 Å². The van der Waals surface area contributed by atoms with E-state index in [0.717, 1.165) is 10.0 Å². The van der Waals surface area contributed by atoms with Crippen LogP contribution in [-0.2, 0) is 16.6 Å². The van der Waals surface area contributed by atoms with E-state index in [4.69, 9.17) is 4.74 Å².